The predicted molar refractivity (Wildman–Crippen MR) is 81.3 cm³/mol. The lowest BCUT2D eigenvalue weighted by Crippen LogP contribution is -2.11. The molecule has 0 atom stereocenters. The van der Waals surface area contributed by atoms with Gasteiger partial charge in [-0.25, -0.2) is 13.6 Å². The zero-order chi connectivity index (χ0) is 14.5. The first-order valence-electron chi connectivity index (χ1n) is 5.02. The molecule has 19 heavy (non-hydrogen) atoms. The molecule has 0 bridgehead atoms. The lowest BCUT2D eigenvalue weighted by atomic mass is 10.3. The third-order valence-electron chi connectivity index (χ3n) is 1.92. The average Bonchev–Trinajstić information content (AvgIpc) is 2.28. The number of phenols is 1. The minimum atomic E-state index is -3.61. The lowest BCUT2D eigenvalue weighted by Gasteiger charge is -1.99. The maximum Gasteiger partial charge on any atom is 0.238 e. The highest BCUT2D eigenvalue weighted by Gasteiger charge is 2.08. The largest absolute Gasteiger partial charge is 0.508 e. The van der Waals surface area contributed by atoms with Crippen LogP contribution in [0.25, 0.3) is 0 Å². The number of hydrogen-bond donors (Lipinski definition) is 2. The molecule has 2 aromatic carbocycles. The van der Waals surface area contributed by atoms with Crippen LogP contribution >= 0.6 is 31.9 Å². The number of benzene rings is 2. The Morgan fingerprint density at radius 1 is 0.947 bits per heavy atom. The SMILES string of the molecule is NS(=O)(=O)c1cc(Br)cc(Br)c1.Oc1ccccc1. The van der Waals surface area contributed by atoms with E-state index >= 15 is 0 Å². The molecular formula is C12H11Br2NO3S. The topological polar surface area (TPSA) is 80.4 Å². The highest BCUT2D eigenvalue weighted by atomic mass is 79.9. The molecule has 0 spiro atoms. The summed E-state index contributed by atoms with van der Waals surface area (Å²) < 4.78 is 23.1. The van der Waals surface area contributed by atoms with Crippen molar-refractivity contribution in [1.29, 1.82) is 0 Å². The highest BCUT2D eigenvalue weighted by Crippen LogP contribution is 2.22. The van der Waals surface area contributed by atoms with Gasteiger partial charge in [-0.2, -0.15) is 0 Å². The van der Waals surface area contributed by atoms with Gasteiger partial charge in [-0.1, -0.05) is 50.1 Å². The standard InChI is InChI=1S/C6H5Br2NO2S.C6H6O/c7-4-1-5(8)3-6(2-4)12(9,10)11;7-6-4-2-1-3-5-6/h1-3H,(H2,9,10,11);1-5,7H. The van der Waals surface area contributed by atoms with Crippen LogP contribution in [0.3, 0.4) is 0 Å². The summed E-state index contributed by atoms with van der Waals surface area (Å²) in [7, 11) is -3.61. The van der Waals surface area contributed by atoms with Gasteiger partial charge >= 0.3 is 0 Å². The Balaban J connectivity index is 0.000000218. The fraction of sp³-hybridized carbons (Fsp3) is 0. The van der Waals surface area contributed by atoms with Crippen molar-refractivity contribution in [2.45, 2.75) is 4.90 Å². The average molecular weight is 409 g/mol. The quantitative estimate of drug-likeness (QED) is 0.759. The molecule has 3 N–H and O–H groups in total. The lowest BCUT2D eigenvalue weighted by molar-refractivity contribution is 0.475. The van der Waals surface area contributed by atoms with E-state index in [1.165, 1.54) is 12.1 Å². The Morgan fingerprint density at radius 3 is 1.74 bits per heavy atom. The molecule has 2 aromatic rings. The number of hydrogen-bond acceptors (Lipinski definition) is 3. The maximum atomic E-state index is 10.9. The number of primary sulfonamides is 1. The van der Waals surface area contributed by atoms with Crippen LogP contribution in [0.1, 0.15) is 0 Å². The monoisotopic (exact) mass is 407 g/mol. The first-order valence-corrected chi connectivity index (χ1v) is 8.15. The molecule has 0 aliphatic carbocycles. The van der Waals surface area contributed by atoms with Gasteiger partial charge in [0.2, 0.25) is 10.0 Å². The van der Waals surface area contributed by atoms with Crippen molar-refractivity contribution in [2.75, 3.05) is 0 Å². The number of para-hydroxylation sites is 1. The van der Waals surface area contributed by atoms with Crippen molar-refractivity contribution in [3.05, 3.63) is 57.5 Å². The predicted octanol–water partition coefficient (Wildman–Crippen LogP) is 3.25. The summed E-state index contributed by atoms with van der Waals surface area (Å²) in [6.07, 6.45) is 0. The van der Waals surface area contributed by atoms with E-state index in [4.69, 9.17) is 10.2 Å². The van der Waals surface area contributed by atoms with Crippen molar-refractivity contribution < 1.29 is 13.5 Å². The maximum absolute atomic E-state index is 10.9. The summed E-state index contributed by atoms with van der Waals surface area (Å²) in [4.78, 5) is 0.0868. The highest BCUT2D eigenvalue weighted by molar-refractivity contribution is 9.11. The van der Waals surface area contributed by atoms with Crippen LogP contribution in [-0.2, 0) is 10.0 Å². The summed E-state index contributed by atoms with van der Waals surface area (Å²) in [6.45, 7) is 0. The Labute approximate surface area is 128 Å². The van der Waals surface area contributed by atoms with Crippen molar-refractivity contribution in [2.24, 2.45) is 5.14 Å². The molecule has 0 aliphatic rings. The summed E-state index contributed by atoms with van der Waals surface area (Å²) in [6, 6.07) is 13.3. The van der Waals surface area contributed by atoms with Crippen LogP contribution in [0.2, 0.25) is 0 Å². The zero-order valence-electron chi connectivity index (χ0n) is 9.62. The third kappa shape index (κ3) is 6.20. The second-order valence-corrected chi connectivity index (χ2v) is 6.88. The van der Waals surface area contributed by atoms with E-state index in [0.717, 1.165) is 0 Å². The molecule has 0 amide bonds. The minimum absolute atomic E-state index is 0.0868. The van der Waals surface area contributed by atoms with Gasteiger partial charge in [-0.3, -0.25) is 0 Å². The number of phenolic OH excluding ortho intramolecular Hbond substituents is 1. The molecule has 0 saturated carbocycles. The first kappa shape index (κ1) is 16.2. The van der Waals surface area contributed by atoms with Gasteiger partial charge in [0.15, 0.2) is 0 Å². The van der Waals surface area contributed by atoms with Gasteiger partial charge < -0.3 is 5.11 Å². The molecule has 0 aliphatic heterocycles. The fourth-order valence-corrected chi connectivity index (χ4v) is 3.30. The van der Waals surface area contributed by atoms with Crippen molar-refractivity contribution in [1.82, 2.24) is 0 Å². The summed E-state index contributed by atoms with van der Waals surface area (Å²) in [5, 5.41) is 13.6. The van der Waals surface area contributed by atoms with E-state index in [0.29, 0.717) is 14.7 Å². The van der Waals surface area contributed by atoms with E-state index < -0.39 is 10.0 Å². The van der Waals surface area contributed by atoms with Crippen molar-refractivity contribution in [3.63, 3.8) is 0 Å². The molecular weight excluding hydrogens is 398 g/mol. The van der Waals surface area contributed by atoms with Gasteiger partial charge in [-0.05, 0) is 30.3 Å². The number of rotatable bonds is 1. The van der Waals surface area contributed by atoms with Crippen molar-refractivity contribution >= 4 is 41.9 Å². The summed E-state index contributed by atoms with van der Waals surface area (Å²) in [5.74, 6) is 0.322. The molecule has 2 rings (SSSR count). The molecule has 7 heteroatoms. The normalized spacial score (nSPS) is 10.5. The van der Waals surface area contributed by atoms with Crippen LogP contribution in [0.4, 0.5) is 0 Å². The molecule has 0 fully saturated rings. The molecule has 0 unspecified atom stereocenters. The Bertz CT molecular complexity index is 625. The van der Waals surface area contributed by atoms with Gasteiger partial charge in [0, 0.05) is 8.95 Å². The summed E-state index contributed by atoms with van der Waals surface area (Å²) in [5.41, 5.74) is 0. The van der Waals surface area contributed by atoms with E-state index in [1.807, 2.05) is 6.07 Å². The number of aromatic hydroxyl groups is 1. The molecule has 102 valence electrons. The second kappa shape index (κ2) is 7.04. The fourth-order valence-electron chi connectivity index (χ4n) is 1.12. The van der Waals surface area contributed by atoms with E-state index in [-0.39, 0.29) is 4.90 Å². The van der Waals surface area contributed by atoms with Crippen LogP contribution in [0.15, 0.2) is 62.4 Å². The van der Waals surface area contributed by atoms with Crippen LogP contribution in [-0.4, -0.2) is 13.5 Å². The van der Waals surface area contributed by atoms with Gasteiger partial charge in [-0.15, -0.1) is 0 Å². The second-order valence-electron chi connectivity index (χ2n) is 3.49. The third-order valence-corrected chi connectivity index (χ3v) is 3.73. The van der Waals surface area contributed by atoms with E-state index in [1.54, 1.807) is 30.3 Å². The van der Waals surface area contributed by atoms with E-state index in [2.05, 4.69) is 31.9 Å². The van der Waals surface area contributed by atoms with Crippen LogP contribution in [0.5, 0.6) is 5.75 Å². The van der Waals surface area contributed by atoms with Gasteiger partial charge in [0.05, 0.1) is 4.90 Å². The smallest absolute Gasteiger partial charge is 0.238 e. The first-order chi connectivity index (χ1) is 8.79. The van der Waals surface area contributed by atoms with E-state index in [9.17, 15) is 8.42 Å². The summed E-state index contributed by atoms with van der Waals surface area (Å²) >= 11 is 6.31. The Hall–Kier alpha value is -0.890. The molecule has 0 aromatic heterocycles. The Kier molecular flexibility index (Phi) is 5.99. The number of sulfonamides is 1. The molecule has 4 nitrogen and oxygen atoms in total. The Morgan fingerprint density at radius 2 is 1.42 bits per heavy atom. The number of nitrogens with two attached hydrogens (primary N) is 1. The zero-order valence-corrected chi connectivity index (χ0v) is 13.6. The molecule has 0 saturated heterocycles. The van der Waals surface area contributed by atoms with Gasteiger partial charge in [0.25, 0.3) is 0 Å². The molecule has 0 heterocycles. The molecule has 0 radical (unpaired) electrons. The van der Waals surface area contributed by atoms with Crippen LogP contribution < -0.4 is 5.14 Å². The van der Waals surface area contributed by atoms with Crippen molar-refractivity contribution in [3.8, 4) is 5.75 Å². The number of halogens is 2. The van der Waals surface area contributed by atoms with Crippen LogP contribution in [0, 0.1) is 0 Å². The van der Waals surface area contributed by atoms with Gasteiger partial charge in [0.1, 0.15) is 5.75 Å². The minimum Gasteiger partial charge on any atom is -0.508 e.